The van der Waals surface area contributed by atoms with Crippen LogP contribution in [0.15, 0.2) is 18.7 Å². The van der Waals surface area contributed by atoms with Gasteiger partial charge in [-0.2, -0.15) is 0 Å². The molecule has 1 aromatic heterocycles. The number of thiophene rings is 1. The van der Waals surface area contributed by atoms with Crippen LogP contribution in [0.2, 0.25) is 0 Å². The Kier molecular flexibility index (Phi) is 5.64. The quantitative estimate of drug-likeness (QED) is 0.675. The molecule has 0 aromatic carbocycles. The Labute approximate surface area is 130 Å². The third kappa shape index (κ3) is 4.47. The number of rotatable bonds is 7. The van der Waals surface area contributed by atoms with E-state index in [0.29, 0.717) is 23.2 Å². The Bertz CT molecular complexity index is 494. The predicted molar refractivity (Wildman–Crippen MR) is 90.0 cm³/mol. The Morgan fingerprint density at radius 2 is 2.29 bits per heavy atom. The van der Waals surface area contributed by atoms with Gasteiger partial charge in [0, 0.05) is 19.1 Å². The summed E-state index contributed by atoms with van der Waals surface area (Å²) in [6.45, 7) is 9.59. The maximum Gasteiger partial charge on any atom is 0.263 e. The van der Waals surface area contributed by atoms with Crippen molar-refractivity contribution in [2.24, 2.45) is 0 Å². The molecule has 1 aliphatic heterocycles. The van der Waals surface area contributed by atoms with Crippen LogP contribution in [0.25, 0.3) is 0 Å². The zero-order chi connectivity index (χ0) is 15.2. The molecule has 1 fully saturated rings. The highest BCUT2D eigenvalue weighted by atomic mass is 32.1. The van der Waals surface area contributed by atoms with Crippen molar-refractivity contribution < 1.29 is 4.79 Å². The Morgan fingerprint density at radius 3 is 2.95 bits per heavy atom. The number of nitrogens with two attached hydrogens (primary N) is 1. The van der Waals surface area contributed by atoms with Gasteiger partial charge in [-0.05, 0) is 38.9 Å². The fourth-order valence-corrected chi connectivity index (χ4v) is 3.55. The number of nitrogens with zero attached hydrogens (tertiary/aromatic N) is 1. The van der Waals surface area contributed by atoms with Gasteiger partial charge in [0.2, 0.25) is 0 Å². The van der Waals surface area contributed by atoms with Gasteiger partial charge in [-0.3, -0.25) is 4.79 Å². The lowest BCUT2D eigenvalue weighted by atomic mass is 10.3. The van der Waals surface area contributed by atoms with Crippen molar-refractivity contribution in [2.45, 2.75) is 25.8 Å². The van der Waals surface area contributed by atoms with Crippen molar-refractivity contribution in [3.63, 3.8) is 0 Å². The van der Waals surface area contributed by atoms with Crippen molar-refractivity contribution in [3.8, 4) is 0 Å². The van der Waals surface area contributed by atoms with E-state index in [-0.39, 0.29) is 5.91 Å². The number of hydrogen-bond donors (Lipinski definition) is 3. The Hall–Kier alpha value is -1.53. The number of hydrogen-bond acceptors (Lipinski definition) is 5. The molecule has 116 valence electrons. The molecule has 1 aliphatic rings. The second-order valence-electron chi connectivity index (χ2n) is 5.45. The van der Waals surface area contributed by atoms with Crippen LogP contribution in [-0.2, 0) is 0 Å². The molecule has 0 bridgehead atoms. The number of carbonyl (C=O) groups excluding carboxylic acids is 1. The van der Waals surface area contributed by atoms with Crippen LogP contribution in [0.3, 0.4) is 0 Å². The molecule has 1 amide bonds. The van der Waals surface area contributed by atoms with Crippen molar-refractivity contribution in [1.29, 1.82) is 0 Å². The van der Waals surface area contributed by atoms with Gasteiger partial charge in [0.1, 0.15) is 4.88 Å². The highest BCUT2D eigenvalue weighted by Gasteiger charge is 2.17. The van der Waals surface area contributed by atoms with Crippen molar-refractivity contribution in [1.82, 2.24) is 10.2 Å². The van der Waals surface area contributed by atoms with Gasteiger partial charge in [-0.1, -0.05) is 6.08 Å². The van der Waals surface area contributed by atoms with E-state index in [4.69, 9.17) is 5.73 Å². The van der Waals surface area contributed by atoms with E-state index in [1.54, 1.807) is 6.08 Å². The highest BCUT2D eigenvalue weighted by Crippen LogP contribution is 2.29. The average Bonchev–Trinajstić information content (AvgIpc) is 3.05. The summed E-state index contributed by atoms with van der Waals surface area (Å²) in [5, 5.41) is 7.14. The molecule has 1 unspecified atom stereocenters. The summed E-state index contributed by atoms with van der Waals surface area (Å²) >= 11 is 1.40. The summed E-state index contributed by atoms with van der Waals surface area (Å²) < 4.78 is 0. The van der Waals surface area contributed by atoms with Crippen molar-refractivity contribution in [2.75, 3.05) is 37.2 Å². The summed E-state index contributed by atoms with van der Waals surface area (Å²) in [6.07, 6.45) is 4.25. The summed E-state index contributed by atoms with van der Waals surface area (Å²) in [7, 11) is 0. The van der Waals surface area contributed by atoms with Crippen LogP contribution in [-0.4, -0.2) is 43.0 Å². The zero-order valence-electron chi connectivity index (χ0n) is 12.5. The van der Waals surface area contributed by atoms with Crippen LogP contribution >= 0.6 is 11.3 Å². The number of likely N-dealkylation sites (tertiary alicyclic amines) is 1. The van der Waals surface area contributed by atoms with E-state index in [9.17, 15) is 4.79 Å². The first-order valence-electron chi connectivity index (χ1n) is 7.37. The fraction of sp³-hybridized carbons (Fsp3) is 0.533. The Balaban J connectivity index is 1.91. The summed E-state index contributed by atoms with van der Waals surface area (Å²) in [4.78, 5) is 15.0. The summed E-state index contributed by atoms with van der Waals surface area (Å²) in [5.41, 5.74) is 6.45. The second-order valence-corrected chi connectivity index (χ2v) is 6.50. The minimum Gasteiger partial charge on any atom is -0.397 e. The van der Waals surface area contributed by atoms with E-state index in [0.717, 1.165) is 11.5 Å². The first kappa shape index (κ1) is 15.9. The maximum absolute atomic E-state index is 11.9. The summed E-state index contributed by atoms with van der Waals surface area (Å²) in [5.74, 6) is -0.141. The number of carbonyl (C=O) groups is 1. The molecule has 1 aromatic rings. The van der Waals surface area contributed by atoms with E-state index >= 15 is 0 Å². The van der Waals surface area contributed by atoms with Crippen LogP contribution in [0.4, 0.5) is 10.7 Å². The van der Waals surface area contributed by atoms with E-state index in [2.05, 4.69) is 29.0 Å². The molecular weight excluding hydrogens is 284 g/mol. The van der Waals surface area contributed by atoms with Crippen molar-refractivity contribution >= 4 is 27.9 Å². The Morgan fingerprint density at radius 1 is 1.57 bits per heavy atom. The first-order chi connectivity index (χ1) is 10.1. The molecule has 0 radical (unpaired) electrons. The molecule has 0 spiro atoms. The monoisotopic (exact) mass is 308 g/mol. The summed E-state index contributed by atoms with van der Waals surface area (Å²) in [6, 6.07) is 2.18. The van der Waals surface area contributed by atoms with Gasteiger partial charge in [-0.15, -0.1) is 17.9 Å². The molecule has 4 N–H and O–H groups in total. The van der Waals surface area contributed by atoms with E-state index in [1.165, 1.54) is 37.3 Å². The van der Waals surface area contributed by atoms with E-state index < -0.39 is 0 Å². The van der Waals surface area contributed by atoms with E-state index in [1.807, 2.05) is 6.07 Å². The number of nitrogens with one attached hydrogen (secondary N) is 2. The molecule has 6 heteroatoms. The van der Waals surface area contributed by atoms with Gasteiger partial charge in [0.25, 0.3) is 5.91 Å². The van der Waals surface area contributed by atoms with Crippen LogP contribution in [0, 0.1) is 0 Å². The van der Waals surface area contributed by atoms with Crippen LogP contribution in [0.1, 0.15) is 29.4 Å². The first-order valence-corrected chi connectivity index (χ1v) is 8.19. The lowest BCUT2D eigenvalue weighted by Gasteiger charge is -2.21. The van der Waals surface area contributed by atoms with Gasteiger partial charge in [0.15, 0.2) is 0 Å². The molecule has 2 heterocycles. The average molecular weight is 308 g/mol. The fourth-order valence-electron chi connectivity index (χ4n) is 2.54. The third-order valence-corrected chi connectivity index (χ3v) is 4.57. The van der Waals surface area contributed by atoms with Gasteiger partial charge in [-0.25, -0.2) is 0 Å². The standard InChI is InChI=1S/C15H24N4OS/c1-3-6-17-15(20)14-12(16)9-13(21-14)18-11(2)10-19-7-4-5-8-19/h3,9,11,18H,1,4-8,10,16H2,2H3,(H,17,20). The second kappa shape index (κ2) is 7.47. The van der Waals surface area contributed by atoms with Crippen LogP contribution in [0.5, 0.6) is 0 Å². The van der Waals surface area contributed by atoms with Gasteiger partial charge in [0.05, 0.1) is 10.7 Å². The SMILES string of the molecule is C=CCNC(=O)c1sc(NC(C)CN2CCCC2)cc1N. The minimum atomic E-state index is -0.141. The lowest BCUT2D eigenvalue weighted by molar-refractivity contribution is 0.0963. The maximum atomic E-state index is 11.9. The molecule has 0 saturated carbocycles. The molecule has 0 aliphatic carbocycles. The largest absolute Gasteiger partial charge is 0.397 e. The minimum absolute atomic E-state index is 0.141. The van der Waals surface area contributed by atoms with Gasteiger partial charge >= 0.3 is 0 Å². The molecule has 1 atom stereocenters. The predicted octanol–water partition coefficient (Wildman–Crippen LogP) is 2.14. The molecular formula is C15H24N4OS. The number of nitrogen functional groups attached to an aromatic ring is 1. The number of anilines is 2. The molecule has 1 saturated heterocycles. The molecule has 21 heavy (non-hydrogen) atoms. The van der Waals surface area contributed by atoms with Gasteiger partial charge < -0.3 is 21.3 Å². The zero-order valence-corrected chi connectivity index (χ0v) is 13.3. The normalized spacial score (nSPS) is 16.6. The smallest absolute Gasteiger partial charge is 0.263 e. The highest BCUT2D eigenvalue weighted by molar-refractivity contribution is 7.18. The molecule has 2 rings (SSSR count). The third-order valence-electron chi connectivity index (χ3n) is 3.49. The lowest BCUT2D eigenvalue weighted by Crippen LogP contribution is -2.32. The topological polar surface area (TPSA) is 70.4 Å². The van der Waals surface area contributed by atoms with Crippen LogP contribution < -0.4 is 16.4 Å². The van der Waals surface area contributed by atoms with Crippen molar-refractivity contribution in [3.05, 3.63) is 23.6 Å². The number of amides is 1. The molecule has 5 nitrogen and oxygen atoms in total.